The van der Waals surface area contributed by atoms with Crippen molar-refractivity contribution in [2.24, 2.45) is 0 Å². The molecule has 0 spiro atoms. The van der Waals surface area contributed by atoms with E-state index in [0.717, 1.165) is 6.66 Å². The Balaban J connectivity index is 7.13. The number of alkyl halides is 9. The van der Waals surface area contributed by atoms with Crippen molar-refractivity contribution in [2.75, 3.05) is 39.0 Å². The minimum absolute atomic E-state index is 0.00122. The molecule has 0 unspecified atom stereocenters. The molecule has 0 N–H and O–H groups in total. The third kappa shape index (κ3) is 5.26. The maximum atomic E-state index is 14.5. The summed E-state index contributed by atoms with van der Waals surface area (Å²) in [7, 11) is -11.8. The van der Waals surface area contributed by atoms with E-state index in [4.69, 9.17) is 3.97 Å². The van der Waals surface area contributed by atoms with E-state index in [-0.39, 0.29) is 38.8 Å². The van der Waals surface area contributed by atoms with Gasteiger partial charge in [-0.15, -0.1) is 0 Å². The molecule has 0 amide bonds. The van der Waals surface area contributed by atoms with Crippen LogP contribution in [0.4, 0.5) is 39.5 Å². The first-order valence-electron chi connectivity index (χ1n) is 10.3. The van der Waals surface area contributed by atoms with Gasteiger partial charge >= 0.3 is 188 Å². The van der Waals surface area contributed by atoms with E-state index in [1.807, 2.05) is 0 Å². The first kappa shape index (κ1) is 32.6. The third-order valence-corrected chi connectivity index (χ3v) is 14.3. The van der Waals surface area contributed by atoms with Crippen molar-refractivity contribution in [2.45, 2.75) is 70.7 Å². The van der Waals surface area contributed by atoms with E-state index in [2.05, 4.69) is 0 Å². The molecule has 0 heterocycles. The SMILES string of the molecule is CCCCP(C)(OS(=O)(=O)C(F)(F)C(F)(F)C(F)(F)C(F)(F)F)(N(CC)CC)N(CC)CC. The Morgan fingerprint density at radius 3 is 1.36 bits per heavy atom. The quantitative estimate of drug-likeness (QED) is 0.193. The van der Waals surface area contributed by atoms with Gasteiger partial charge in [-0.2, -0.15) is 0 Å². The van der Waals surface area contributed by atoms with Crippen molar-refractivity contribution in [3.8, 4) is 0 Å². The second-order valence-electron chi connectivity index (χ2n) is 7.61. The molecule has 0 aromatic heterocycles. The molecule has 33 heavy (non-hydrogen) atoms. The molecule has 0 aliphatic carbocycles. The summed E-state index contributed by atoms with van der Waals surface area (Å²) in [5, 5.41) is -6.90. The predicted octanol–water partition coefficient (Wildman–Crippen LogP) is 6.17. The average Bonchev–Trinajstić information content (AvgIpc) is 2.66. The zero-order valence-corrected chi connectivity index (χ0v) is 21.0. The van der Waals surface area contributed by atoms with Gasteiger partial charge in [-0.3, -0.25) is 0 Å². The fraction of sp³-hybridized carbons (Fsp3) is 1.00. The molecule has 0 radical (unpaired) electrons. The summed E-state index contributed by atoms with van der Waals surface area (Å²) in [4.78, 5) is 0. The van der Waals surface area contributed by atoms with Gasteiger partial charge in [0.1, 0.15) is 0 Å². The Morgan fingerprint density at radius 2 is 1.09 bits per heavy atom. The van der Waals surface area contributed by atoms with E-state index in [1.54, 1.807) is 6.92 Å². The summed E-state index contributed by atoms with van der Waals surface area (Å²) in [6.45, 7) is 8.91. The minimum atomic E-state index is -7.35. The number of hydrogen-bond acceptors (Lipinski definition) is 5. The van der Waals surface area contributed by atoms with Crippen molar-refractivity contribution in [3.63, 3.8) is 0 Å². The van der Waals surface area contributed by atoms with Crippen LogP contribution >= 0.6 is 7.13 Å². The van der Waals surface area contributed by atoms with Crippen molar-refractivity contribution in [1.29, 1.82) is 0 Å². The second-order valence-corrected chi connectivity index (χ2v) is 14.3. The molecule has 0 aromatic rings. The maximum absolute atomic E-state index is 14.5. The van der Waals surface area contributed by atoms with E-state index < -0.39 is 40.5 Å². The van der Waals surface area contributed by atoms with E-state index in [1.165, 1.54) is 37.0 Å². The van der Waals surface area contributed by atoms with Gasteiger partial charge in [0.15, 0.2) is 0 Å². The van der Waals surface area contributed by atoms with Crippen LogP contribution in [0.15, 0.2) is 0 Å². The fourth-order valence-electron chi connectivity index (χ4n) is 3.83. The first-order valence-corrected chi connectivity index (χ1v) is 14.4. The molecule has 0 saturated carbocycles. The van der Waals surface area contributed by atoms with Gasteiger partial charge in [0, 0.05) is 0 Å². The predicted molar refractivity (Wildman–Crippen MR) is 109 cm³/mol. The zero-order chi connectivity index (χ0) is 26.8. The fourth-order valence-corrected chi connectivity index (χ4v) is 12.6. The van der Waals surface area contributed by atoms with Crippen LogP contribution in [0.5, 0.6) is 0 Å². The van der Waals surface area contributed by atoms with E-state index >= 15 is 0 Å². The molecule has 0 aromatic carbocycles. The second kappa shape index (κ2) is 10.3. The number of hydrogen-bond donors (Lipinski definition) is 0. The normalized spacial score (nSPS) is 16.3. The van der Waals surface area contributed by atoms with Crippen LogP contribution < -0.4 is 0 Å². The topological polar surface area (TPSA) is 49.9 Å². The van der Waals surface area contributed by atoms with Gasteiger partial charge in [0.05, 0.1) is 0 Å². The summed E-state index contributed by atoms with van der Waals surface area (Å²) >= 11 is 0. The number of unbranched alkanes of at least 4 members (excludes halogenated alkanes) is 1. The van der Waals surface area contributed by atoms with Gasteiger partial charge in [-0.25, -0.2) is 0 Å². The summed E-state index contributed by atoms with van der Waals surface area (Å²) in [5.74, 6) is -14.7. The average molecular weight is 546 g/mol. The molecule has 0 fully saturated rings. The Labute approximate surface area is 188 Å². The van der Waals surface area contributed by atoms with Gasteiger partial charge in [0.25, 0.3) is 0 Å². The van der Waals surface area contributed by atoms with Gasteiger partial charge in [-0.1, -0.05) is 0 Å². The molecular formula is C17H32F9N2O3PS. The van der Waals surface area contributed by atoms with Crippen LogP contribution in [0, 0.1) is 0 Å². The Hall–Kier alpha value is -0.370. The standard InChI is InChI=1S/C17H32F9N2O3PS/c1-7-12-13-32(6,27(8-2)9-3,28(10-4)11-5)31-33(29,30)17(25,26)15(20,21)14(18,19)16(22,23)24/h7-13H2,1-6H3. The van der Waals surface area contributed by atoms with E-state index in [9.17, 15) is 47.9 Å². The monoisotopic (exact) mass is 546 g/mol. The molecular weight excluding hydrogens is 514 g/mol. The third-order valence-electron chi connectivity index (χ3n) is 5.66. The van der Waals surface area contributed by atoms with Crippen molar-refractivity contribution < 1.29 is 51.9 Å². The molecule has 16 heteroatoms. The van der Waals surface area contributed by atoms with Crippen molar-refractivity contribution >= 4 is 17.2 Å². The van der Waals surface area contributed by atoms with Gasteiger partial charge < -0.3 is 0 Å². The number of nitrogens with zero attached hydrogens (tertiary/aromatic N) is 2. The first-order chi connectivity index (χ1) is 14.6. The number of rotatable bonds is 14. The Morgan fingerprint density at radius 1 is 0.727 bits per heavy atom. The zero-order valence-electron chi connectivity index (χ0n) is 19.3. The molecule has 0 bridgehead atoms. The van der Waals surface area contributed by atoms with Crippen LogP contribution in [0.2, 0.25) is 0 Å². The van der Waals surface area contributed by atoms with E-state index in [0.29, 0.717) is 6.42 Å². The molecule has 202 valence electrons. The molecule has 0 atom stereocenters. The summed E-state index contributed by atoms with van der Waals surface area (Å²) in [6.07, 6.45) is -6.80. The number of halogens is 9. The van der Waals surface area contributed by atoms with Crippen LogP contribution in [-0.4, -0.2) is 80.0 Å². The molecule has 0 rings (SSSR count). The Kier molecular flexibility index (Phi) is 10.2. The van der Waals surface area contributed by atoms with Crippen LogP contribution in [0.25, 0.3) is 0 Å². The van der Waals surface area contributed by atoms with Gasteiger partial charge in [-0.05, 0) is 0 Å². The summed E-state index contributed by atoms with van der Waals surface area (Å²) in [5.41, 5.74) is 0. The molecule has 0 aliphatic heterocycles. The van der Waals surface area contributed by atoms with Gasteiger partial charge in [0.2, 0.25) is 0 Å². The van der Waals surface area contributed by atoms with Crippen LogP contribution in [0.1, 0.15) is 47.5 Å². The molecule has 0 saturated heterocycles. The van der Waals surface area contributed by atoms with Crippen molar-refractivity contribution in [1.82, 2.24) is 9.34 Å². The molecule has 0 aliphatic rings. The molecule has 5 nitrogen and oxygen atoms in total. The Bertz CT molecular complexity index is 743. The van der Waals surface area contributed by atoms with Crippen LogP contribution in [-0.2, 0) is 14.1 Å². The summed E-state index contributed by atoms with van der Waals surface area (Å²) in [6, 6.07) is 0. The van der Waals surface area contributed by atoms with Crippen molar-refractivity contribution in [3.05, 3.63) is 0 Å². The summed E-state index contributed by atoms with van der Waals surface area (Å²) < 4.78 is 154. The van der Waals surface area contributed by atoms with Crippen LogP contribution in [0.3, 0.4) is 0 Å².